The van der Waals surface area contributed by atoms with Gasteiger partial charge in [0.15, 0.2) is 0 Å². The molecule has 2 rings (SSSR count). The summed E-state index contributed by atoms with van der Waals surface area (Å²) >= 11 is 0. The first-order valence-electron chi connectivity index (χ1n) is 9.00. The molecule has 0 atom stereocenters. The molecule has 19 heavy (non-hydrogen) atoms. The van der Waals surface area contributed by atoms with Gasteiger partial charge in [0, 0.05) is 0 Å². The molecule has 0 amide bonds. The fourth-order valence-electron chi connectivity index (χ4n) is 3.60. The van der Waals surface area contributed by atoms with Crippen LogP contribution in [0.3, 0.4) is 0 Å². The van der Waals surface area contributed by atoms with Crippen LogP contribution in [-0.2, 0) is 0 Å². The summed E-state index contributed by atoms with van der Waals surface area (Å²) in [7, 11) is 0. The van der Waals surface area contributed by atoms with E-state index in [1.165, 1.54) is 71.0 Å². The molecule has 1 saturated carbocycles. The summed E-state index contributed by atoms with van der Waals surface area (Å²) in [6, 6.07) is 0. The van der Waals surface area contributed by atoms with E-state index in [1.807, 2.05) is 13.8 Å². The van der Waals surface area contributed by atoms with Gasteiger partial charge in [-0.05, 0) is 56.7 Å². The second-order valence-corrected chi connectivity index (χ2v) is 6.61. The van der Waals surface area contributed by atoms with Crippen molar-refractivity contribution in [3.05, 3.63) is 0 Å². The van der Waals surface area contributed by atoms with E-state index in [9.17, 15) is 0 Å². The zero-order chi connectivity index (χ0) is 14.1. The van der Waals surface area contributed by atoms with Crippen LogP contribution in [0, 0.1) is 17.8 Å². The lowest BCUT2D eigenvalue weighted by Crippen LogP contribution is -2.35. The summed E-state index contributed by atoms with van der Waals surface area (Å²) in [6.07, 6.45) is 11.8. The molecule has 0 N–H and O–H groups in total. The SMILES string of the molecule is CC.CCC1CCN(CCC2CCC(C)CC2)CC1. The van der Waals surface area contributed by atoms with Gasteiger partial charge in [0.1, 0.15) is 0 Å². The molecule has 1 nitrogen and oxygen atoms in total. The molecule has 0 unspecified atom stereocenters. The first-order chi connectivity index (χ1) is 9.28. The molecule has 1 heterocycles. The van der Waals surface area contributed by atoms with Gasteiger partial charge in [-0.15, -0.1) is 0 Å². The van der Waals surface area contributed by atoms with E-state index in [4.69, 9.17) is 0 Å². The second-order valence-electron chi connectivity index (χ2n) is 6.61. The van der Waals surface area contributed by atoms with Gasteiger partial charge in [0.05, 0.1) is 0 Å². The van der Waals surface area contributed by atoms with E-state index in [-0.39, 0.29) is 0 Å². The highest BCUT2D eigenvalue weighted by Crippen LogP contribution is 2.30. The topological polar surface area (TPSA) is 3.24 Å². The maximum absolute atomic E-state index is 2.73. The van der Waals surface area contributed by atoms with Crippen molar-refractivity contribution in [2.24, 2.45) is 17.8 Å². The average molecular weight is 268 g/mol. The normalized spacial score (nSPS) is 29.7. The Bertz CT molecular complexity index is 198. The Morgan fingerprint density at radius 2 is 1.42 bits per heavy atom. The molecule has 1 saturated heterocycles. The second kappa shape index (κ2) is 9.80. The Labute approximate surface area is 122 Å². The Morgan fingerprint density at radius 3 is 1.95 bits per heavy atom. The molecule has 0 spiro atoms. The lowest BCUT2D eigenvalue weighted by Gasteiger charge is -2.33. The van der Waals surface area contributed by atoms with Crippen molar-refractivity contribution in [3.63, 3.8) is 0 Å². The van der Waals surface area contributed by atoms with Crippen molar-refractivity contribution in [3.8, 4) is 0 Å². The van der Waals surface area contributed by atoms with Crippen LogP contribution >= 0.6 is 0 Å². The third-order valence-electron chi connectivity index (χ3n) is 5.27. The molecule has 0 aromatic carbocycles. The predicted molar refractivity (Wildman–Crippen MR) is 86.5 cm³/mol. The number of piperidine rings is 1. The molecule has 2 fully saturated rings. The quantitative estimate of drug-likeness (QED) is 0.663. The van der Waals surface area contributed by atoms with E-state index in [2.05, 4.69) is 18.7 Å². The summed E-state index contributed by atoms with van der Waals surface area (Å²) in [5.41, 5.74) is 0. The standard InChI is InChI=1S/C16H31N.C2H6/c1-3-15-8-11-17(12-9-15)13-10-16-6-4-14(2)5-7-16;1-2/h14-16H,3-13H2,1-2H3;1-2H3. The molecule has 114 valence electrons. The van der Waals surface area contributed by atoms with E-state index >= 15 is 0 Å². The van der Waals surface area contributed by atoms with Gasteiger partial charge < -0.3 is 4.90 Å². The van der Waals surface area contributed by atoms with Crippen molar-refractivity contribution in [2.45, 2.75) is 79.1 Å². The van der Waals surface area contributed by atoms with Crippen LogP contribution in [0.2, 0.25) is 0 Å². The Hall–Kier alpha value is -0.0400. The lowest BCUT2D eigenvalue weighted by molar-refractivity contribution is 0.161. The minimum Gasteiger partial charge on any atom is -0.303 e. The minimum absolute atomic E-state index is 1.01. The van der Waals surface area contributed by atoms with Crippen LogP contribution < -0.4 is 0 Å². The maximum Gasteiger partial charge on any atom is -0.00161 e. The van der Waals surface area contributed by atoms with Gasteiger partial charge in [-0.2, -0.15) is 0 Å². The molecular weight excluding hydrogens is 230 g/mol. The number of hydrogen-bond acceptors (Lipinski definition) is 1. The number of likely N-dealkylation sites (tertiary alicyclic amines) is 1. The van der Waals surface area contributed by atoms with E-state index < -0.39 is 0 Å². The Balaban J connectivity index is 0.000000861. The van der Waals surface area contributed by atoms with Gasteiger partial charge in [0.25, 0.3) is 0 Å². The van der Waals surface area contributed by atoms with Crippen LogP contribution in [-0.4, -0.2) is 24.5 Å². The molecule has 0 aromatic rings. The average Bonchev–Trinajstić information content (AvgIpc) is 2.49. The highest BCUT2D eigenvalue weighted by atomic mass is 15.1. The van der Waals surface area contributed by atoms with Crippen molar-refractivity contribution in [1.82, 2.24) is 4.90 Å². The Kier molecular flexibility index (Phi) is 8.77. The lowest BCUT2D eigenvalue weighted by atomic mass is 9.81. The van der Waals surface area contributed by atoms with E-state index in [0.717, 1.165) is 17.8 Å². The predicted octanol–water partition coefficient (Wildman–Crippen LogP) is 5.35. The van der Waals surface area contributed by atoms with E-state index in [1.54, 1.807) is 0 Å². The van der Waals surface area contributed by atoms with Gasteiger partial charge in [-0.3, -0.25) is 0 Å². The Morgan fingerprint density at radius 1 is 0.842 bits per heavy atom. The summed E-state index contributed by atoms with van der Waals surface area (Å²) < 4.78 is 0. The largest absolute Gasteiger partial charge is 0.303 e. The number of rotatable bonds is 4. The molecule has 2 aliphatic rings. The zero-order valence-corrected chi connectivity index (χ0v) is 14.0. The first kappa shape index (κ1) is 17.0. The van der Waals surface area contributed by atoms with Crippen LogP contribution in [0.4, 0.5) is 0 Å². The summed E-state index contributed by atoms with van der Waals surface area (Å²) in [5.74, 6) is 3.09. The first-order valence-corrected chi connectivity index (χ1v) is 9.00. The molecular formula is C18H37N. The molecule has 1 aliphatic heterocycles. The van der Waals surface area contributed by atoms with Crippen molar-refractivity contribution in [1.29, 1.82) is 0 Å². The van der Waals surface area contributed by atoms with Crippen LogP contribution in [0.1, 0.15) is 79.1 Å². The van der Waals surface area contributed by atoms with Gasteiger partial charge >= 0.3 is 0 Å². The smallest absolute Gasteiger partial charge is 0.00161 e. The van der Waals surface area contributed by atoms with Gasteiger partial charge in [-0.1, -0.05) is 59.8 Å². The monoisotopic (exact) mass is 267 g/mol. The minimum atomic E-state index is 1.01. The number of hydrogen-bond donors (Lipinski definition) is 0. The van der Waals surface area contributed by atoms with Crippen molar-refractivity contribution in [2.75, 3.05) is 19.6 Å². The molecule has 1 aliphatic carbocycles. The molecule has 0 bridgehead atoms. The van der Waals surface area contributed by atoms with Crippen molar-refractivity contribution < 1.29 is 0 Å². The zero-order valence-electron chi connectivity index (χ0n) is 14.0. The molecule has 1 heteroatoms. The summed E-state index contributed by atoms with van der Waals surface area (Å²) in [5, 5.41) is 0. The molecule has 0 aromatic heterocycles. The van der Waals surface area contributed by atoms with Crippen molar-refractivity contribution >= 4 is 0 Å². The summed E-state index contributed by atoms with van der Waals surface area (Å²) in [6.45, 7) is 12.9. The highest BCUT2D eigenvalue weighted by molar-refractivity contribution is 4.75. The molecule has 0 radical (unpaired) electrons. The van der Waals surface area contributed by atoms with Crippen LogP contribution in [0.25, 0.3) is 0 Å². The third-order valence-corrected chi connectivity index (χ3v) is 5.27. The van der Waals surface area contributed by atoms with Crippen LogP contribution in [0.15, 0.2) is 0 Å². The van der Waals surface area contributed by atoms with Gasteiger partial charge in [-0.25, -0.2) is 0 Å². The fraction of sp³-hybridized carbons (Fsp3) is 1.00. The fourth-order valence-corrected chi connectivity index (χ4v) is 3.60. The maximum atomic E-state index is 2.73. The highest BCUT2D eigenvalue weighted by Gasteiger charge is 2.21. The van der Waals surface area contributed by atoms with Gasteiger partial charge in [0.2, 0.25) is 0 Å². The van der Waals surface area contributed by atoms with E-state index in [0.29, 0.717) is 0 Å². The third kappa shape index (κ3) is 6.29. The summed E-state index contributed by atoms with van der Waals surface area (Å²) in [4.78, 5) is 2.73. The number of nitrogens with zero attached hydrogens (tertiary/aromatic N) is 1. The van der Waals surface area contributed by atoms with Crippen LogP contribution in [0.5, 0.6) is 0 Å².